The Morgan fingerprint density at radius 1 is 0.964 bits per heavy atom. The first kappa shape index (κ1) is 15.9. The lowest BCUT2D eigenvalue weighted by Gasteiger charge is -2.34. The van der Waals surface area contributed by atoms with Gasteiger partial charge in [0.05, 0.1) is 11.8 Å². The van der Waals surface area contributed by atoms with E-state index in [0.29, 0.717) is 63.3 Å². The van der Waals surface area contributed by atoms with Gasteiger partial charge in [0, 0.05) is 47.9 Å². The molecule has 2 saturated carbocycles. The normalized spacial score (nSPS) is 34.0. The Morgan fingerprint density at radius 3 is 2.25 bits per heavy atom. The molecule has 28 heavy (non-hydrogen) atoms. The van der Waals surface area contributed by atoms with E-state index in [1.165, 1.54) is 4.90 Å². The zero-order chi connectivity index (χ0) is 20.9. The third kappa shape index (κ3) is 3.09. The molecule has 0 aromatic carbocycles. The van der Waals surface area contributed by atoms with Crippen molar-refractivity contribution in [3.8, 4) is 0 Å². The highest BCUT2D eigenvalue weighted by atomic mass is 16.2. The van der Waals surface area contributed by atoms with Crippen molar-refractivity contribution in [3.63, 3.8) is 0 Å². The lowest BCUT2D eigenvalue weighted by atomic mass is 9.81. The molecule has 0 unspecified atom stereocenters. The van der Waals surface area contributed by atoms with E-state index in [9.17, 15) is 9.59 Å². The number of anilines is 1. The highest BCUT2D eigenvalue weighted by Gasteiger charge is 2.60. The highest BCUT2D eigenvalue weighted by Crippen LogP contribution is 2.56. The van der Waals surface area contributed by atoms with Gasteiger partial charge in [0.1, 0.15) is 0 Å². The van der Waals surface area contributed by atoms with E-state index in [1.54, 1.807) is 18.5 Å². The molecule has 1 aromatic heterocycles. The number of rotatable bonds is 6. The average molecular weight is 386 g/mol. The Hall–Kier alpha value is -2.02. The zero-order valence-electron chi connectivity index (χ0n) is 18.2. The number of fused-ring (bicyclic) bond motifs is 5. The van der Waals surface area contributed by atoms with Crippen LogP contribution in [0.3, 0.4) is 0 Å². The van der Waals surface area contributed by atoms with Crippen LogP contribution < -0.4 is 4.90 Å². The van der Waals surface area contributed by atoms with Crippen LogP contribution in [0.1, 0.15) is 34.8 Å². The number of amides is 2. The quantitative estimate of drug-likeness (QED) is 0.690. The van der Waals surface area contributed by atoms with Gasteiger partial charge in [-0.1, -0.05) is 0 Å². The highest BCUT2D eigenvalue weighted by molar-refractivity contribution is 6.06. The summed E-state index contributed by atoms with van der Waals surface area (Å²) < 4.78 is 17.0. The summed E-state index contributed by atoms with van der Waals surface area (Å²) in [6.45, 7) is 1.45. The van der Waals surface area contributed by atoms with Crippen LogP contribution in [0.15, 0.2) is 18.5 Å². The molecule has 0 N–H and O–H groups in total. The first-order valence-electron chi connectivity index (χ1n) is 11.6. The predicted octanol–water partition coefficient (Wildman–Crippen LogP) is 1.41. The van der Waals surface area contributed by atoms with Crippen molar-refractivity contribution >= 4 is 17.8 Å². The Kier molecular flexibility index (Phi) is 4.20. The molecule has 2 amide bonds. The number of likely N-dealkylation sites (tertiary alicyclic amines) is 1. The van der Waals surface area contributed by atoms with Crippen LogP contribution in [0.25, 0.3) is 0 Å². The van der Waals surface area contributed by atoms with Crippen molar-refractivity contribution in [2.45, 2.75) is 32.1 Å². The molecule has 5 rings (SSSR count). The number of hydrogen-bond acceptors (Lipinski definition) is 6. The van der Waals surface area contributed by atoms with Gasteiger partial charge in [-0.15, -0.1) is 0 Å². The molecular formula is C21H29N5O2. The average Bonchev–Trinajstić information content (AvgIpc) is 3.44. The number of carbonyl (C=O) groups is 2. The molecule has 3 heterocycles. The van der Waals surface area contributed by atoms with Gasteiger partial charge in [0.15, 0.2) is 0 Å². The Balaban J connectivity index is 1.12. The van der Waals surface area contributed by atoms with Gasteiger partial charge in [-0.25, -0.2) is 9.97 Å². The second-order valence-corrected chi connectivity index (χ2v) is 8.50. The van der Waals surface area contributed by atoms with Gasteiger partial charge < -0.3 is 4.90 Å². The predicted molar refractivity (Wildman–Crippen MR) is 104 cm³/mol. The second kappa shape index (κ2) is 7.43. The van der Waals surface area contributed by atoms with E-state index in [-0.39, 0.29) is 23.7 Å². The minimum absolute atomic E-state index is 0.00855. The van der Waals surface area contributed by atoms with E-state index < -0.39 is 6.50 Å². The summed E-state index contributed by atoms with van der Waals surface area (Å²) in [7, 11) is 0. The second-order valence-electron chi connectivity index (χ2n) is 8.50. The maximum atomic E-state index is 12.8. The third-order valence-corrected chi connectivity index (χ3v) is 7.03. The topological polar surface area (TPSA) is 69.6 Å². The molecule has 7 heteroatoms. The van der Waals surface area contributed by atoms with E-state index in [4.69, 9.17) is 2.74 Å². The van der Waals surface area contributed by atoms with Crippen LogP contribution in [0.4, 0.5) is 5.95 Å². The largest absolute Gasteiger partial charge is 0.338 e. The molecule has 4 fully saturated rings. The van der Waals surface area contributed by atoms with Crippen molar-refractivity contribution in [1.82, 2.24) is 19.8 Å². The molecule has 2 aliphatic heterocycles. The van der Waals surface area contributed by atoms with Crippen LogP contribution in [-0.2, 0) is 9.59 Å². The molecule has 2 bridgehead atoms. The van der Waals surface area contributed by atoms with E-state index in [1.807, 2.05) is 4.90 Å². The lowest BCUT2D eigenvalue weighted by molar-refractivity contribution is -0.140. The molecular weight excluding hydrogens is 354 g/mol. The summed E-state index contributed by atoms with van der Waals surface area (Å²) in [6.07, 6.45) is 7.46. The Morgan fingerprint density at radius 2 is 1.61 bits per heavy atom. The maximum absolute atomic E-state index is 12.8. The zero-order valence-corrected chi connectivity index (χ0v) is 16.2. The van der Waals surface area contributed by atoms with Crippen molar-refractivity contribution < 1.29 is 12.3 Å². The summed E-state index contributed by atoms with van der Waals surface area (Å²) in [5.41, 5.74) is 0. The molecule has 7 nitrogen and oxygen atoms in total. The van der Waals surface area contributed by atoms with Crippen molar-refractivity contribution in [3.05, 3.63) is 18.5 Å². The summed E-state index contributed by atoms with van der Waals surface area (Å²) in [4.78, 5) is 39.5. The molecule has 0 radical (unpaired) electrons. The van der Waals surface area contributed by atoms with E-state index >= 15 is 0 Å². The van der Waals surface area contributed by atoms with Crippen molar-refractivity contribution in [2.24, 2.45) is 23.7 Å². The maximum Gasteiger partial charge on any atom is 0.233 e. The molecule has 4 atom stereocenters. The number of nitrogens with zero attached hydrogens (tertiary/aromatic N) is 5. The van der Waals surface area contributed by atoms with Gasteiger partial charge in [-0.2, -0.15) is 0 Å². The van der Waals surface area contributed by atoms with Crippen LogP contribution in [0, 0.1) is 23.7 Å². The fourth-order valence-electron chi connectivity index (χ4n) is 5.68. The van der Waals surface area contributed by atoms with Crippen molar-refractivity contribution in [2.75, 3.05) is 44.1 Å². The van der Waals surface area contributed by atoms with Gasteiger partial charge >= 0.3 is 0 Å². The summed E-state index contributed by atoms with van der Waals surface area (Å²) in [5, 5.41) is 0. The van der Waals surface area contributed by atoms with Gasteiger partial charge in [0.2, 0.25) is 17.8 Å². The van der Waals surface area contributed by atoms with Gasteiger partial charge in [-0.3, -0.25) is 19.4 Å². The minimum Gasteiger partial charge on any atom is -0.338 e. The smallest absolute Gasteiger partial charge is 0.233 e. The summed E-state index contributed by atoms with van der Waals surface area (Å²) >= 11 is 0. The number of aromatic nitrogens is 2. The van der Waals surface area contributed by atoms with Crippen molar-refractivity contribution in [1.29, 1.82) is 0 Å². The van der Waals surface area contributed by atoms with Crippen LogP contribution in [0.2, 0.25) is 0 Å². The van der Waals surface area contributed by atoms with Gasteiger partial charge in [0.25, 0.3) is 0 Å². The SMILES string of the molecule is [2H]C([2H])(CCCN1C(=O)[C@@H]2[C@@H]3CC[C@H](C3)[C@@H]2C1=O)N1CCN(c2ncccn2)CC1. The molecule has 150 valence electrons. The van der Waals surface area contributed by atoms with E-state index in [2.05, 4.69) is 14.9 Å². The Bertz CT molecular complexity index is 787. The monoisotopic (exact) mass is 385 g/mol. The summed E-state index contributed by atoms with van der Waals surface area (Å²) in [6, 6.07) is 1.78. The van der Waals surface area contributed by atoms with E-state index in [0.717, 1.165) is 19.3 Å². The lowest BCUT2D eigenvalue weighted by Crippen LogP contribution is -2.47. The first-order chi connectivity index (χ1) is 14.5. The number of piperazine rings is 1. The minimum atomic E-state index is -1.45. The van der Waals surface area contributed by atoms with Crippen LogP contribution in [-0.4, -0.2) is 70.8 Å². The molecule has 4 aliphatic rings. The fourth-order valence-corrected chi connectivity index (χ4v) is 5.68. The summed E-state index contributed by atoms with van der Waals surface area (Å²) in [5.74, 6) is 1.34. The Labute approximate surface area is 168 Å². The number of carbonyl (C=O) groups excluding carboxylic acids is 2. The molecule has 1 aromatic rings. The van der Waals surface area contributed by atoms with Crippen LogP contribution >= 0.6 is 0 Å². The first-order valence-corrected chi connectivity index (χ1v) is 10.6. The number of hydrogen-bond donors (Lipinski definition) is 0. The third-order valence-electron chi connectivity index (χ3n) is 7.03. The number of imide groups is 1. The van der Waals surface area contributed by atoms with Crippen LogP contribution in [0.5, 0.6) is 0 Å². The molecule has 0 spiro atoms. The molecule has 2 saturated heterocycles. The van der Waals surface area contributed by atoms with Gasteiger partial charge in [-0.05, 0) is 56.5 Å². The fraction of sp³-hybridized carbons (Fsp3) is 0.714. The molecule has 2 aliphatic carbocycles. The standard InChI is InChI=1S/C21H29N5O2/c27-19-17-15-4-5-16(14-15)18(17)20(28)26(19)9-2-1-8-24-10-12-25(13-11-24)21-22-6-3-7-23-21/h3,6-7,15-18H,1-2,4-5,8-14H2/t15-,16-,17-,18+/m1/s1/i8D2.